The molecule has 1 aliphatic heterocycles. The van der Waals surface area contributed by atoms with E-state index in [1.54, 1.807) is 17.9 Å². The van der Waals surface area contributed by atoms with E-state index >= 15 is 0 Å². The number of aromatic nitrogens is 4. The zero-order valence-electron chi connectivity index (χ0n) is 20.6. The third-order valence-electron chi connectivity index (χ3n) is 7.04. The van der Waals surface area contributed by atoms with Crippen LogP contribution in [0.5, 0.6) is 5.75 Å². The Morgan fingerprint density at radius 1 is 1.22 bits per heavy atom. The first-order valence-electron chi connectivity index (χ1n) is 12.7. The molecule has 1 unspecified atom stereocenters. The van der Waals surface area contributed by atoms with Crippen LogP contribution in [0.15, 0.2) is 41.2 Å². The normalized spacial score (nSPS) is 16.9. The first-order chi connectivity index (χ1) is 18.0. The molecule has 10 heteroatoms. The van der Waals surface area contributed by atoms with Crippen LogP contribution in [0, 0.1) is 5.92 Å². The van der Waals surface area contributed by atoms with Crippen LogP contribution in [0.2, 0.25) is 5.02 Å². The van der Waals surface area contributed by atoms with Gasteiger partial charge in [-0.15, -0.1) is 0 Å². The molecule has 2 fully saturated rings. The second kappa shape index (κ2) is 9.79. The van der Waals surface area contributed by atoms with Crippen molar-refractivity contribution in [2.75, 3.05) is 32.9 Å². The predicted octanol–water partition coefficient (Wildman–Crippen LogP) is 3.73. The maximum absolute atomic E-state index is 13.3. The van der Waals surface area contributed by atoms with Gasteiger partial charge in [-0.2, -0.15) is 5.10 Å². The number of fused-ring (bicyclic) bond motifs is 2. The van der Waals surface area contributed by atoms with Crippen LogP contribution in [0.1, 0.15) is 37.3 Å². The zero-order chi connectivity index (χ0) is 25.5. The summed E-state index contributed by atoms with van der Waals surface area (Å²) in [6.45, 7) is 4.39. The number of H-pyrrole nitrogens is 1. The molecule has 4 aromatic rings. The minimum absolute atomic E-state index is 0.142. The molecule has 192 valence electrons. The molecule has 6 rings (SSSR count). The monoisotopic (exact) mass is 521 g/mol. The van der Waals surface area contributed by atoms with Crippen molar-refractivity contribution in [1.29, 1.82) is 0 Å². The van der Waals surface area contributed by atoms with Gasteiger partial charge in [0.1, 0.15) is 17.6 Å². The Morgan fingerprint density at radius 3 is 2.73 bits per heavy atom. The number of carbonyl (C=O) groups is 1. The highest BCUT2D eigenvalue weighted by Gasteiger charge is 2.27. The molecule has 1 aliphatic carbocycles. The number of imidazole rings is 1. The first-order valence-corrected chi connectivity index (χ1v) is 13.0. The summed E-state index contributed by atoms with van der Waals surface area (Å²) < 4.78 is 12.6. The number of halogens is 1. The predicted molar refractivity (Wildman–Crippen MR) is 140 cm³/mol. The van der Waals surface area contributed by atoms with Gasteiger partial charge >= 0.3 is 0 Å². The summed E-state index contributed by atoms with van der Waals surface area (Å²) in [4.78, 5) is 36.3. The van der Waals surface area contributed by atoms with E-state index in [0.717, 1.165) is 16.4 Å². The van der Waals surface area contributed by atoms with Gasteiger partial charge in [0, 0.05) is 24.5 Å². The quantitative estimate of drug-likeness (QED) is 0.397. The van der Waals surface area contributed by atoms with Crippen molar-refractivity contribution in [1.82, 2.24) is 24.6 Å². The number of benzene rings is 2. The maximum Gasteiger partial charge on any atom is 0.275 e. The van der Waals surface area contributed by atoms with Gasteiger partial charge in [-0.1, -0.05) is 29.8 Å². The highest BCUT2D eigenvalue weighted by molar-refractivity contribution is 6.32. The lowest BCUT2D eigenvalue weighted by molar-refractivity contribution is -0.138. The number of hydrogen-bond acceptors (Lipinski definition) is 6. The largest absolute Gasteiger partial charge is 0.492 e. The van der Waals surface area contributed by atoms with Crippen molar-refractivity contribution in [3.8, 4) is 5.75 Å². The molecule has 37 heavy (non-hydrogen) atoms. The second-order valence-corrected chi connectivity index (χ2v) is 10.2. The molecule has 1 atom stereocenters. The number of rotatable bonds is 7. The molecule has 1 saturated heterocycles. The Hall–Kier alpha value is -3.43. The minimum atomic E-state index is -0.741. The summed E-state index contributed by atoms with van der Waals surface area (Å²) in [5.41, 5.74) is 1.92. The minimum Gasteiger partial charge on any atom is -0.492 e. The number of hydrogen-bond donors (Lipinski definition) is 1. The van der Waals surface area contributed by atoms with Gasteiger partial charge in [0.15, 0.2) is 0 Å². The van der Waals surface area contributed by atoms with Crippen molar-refractivity contribution in [2.24, 2.45) is 5.92 Å². The number of amides is 1. The SMILES string of the molecule is CC(C(=O)N1CCOCC1)n1nc(Cc2nc3cc(OCC4CC4)c(Cl)cc3[nH]2)c2ccccc2c1=O. The number of nitrogens with one attached hydrogen (secondary N) is 1. The highest BCUT2D eigenvalue weighted by atomic mass is 35.5. The van der Waals surface area contributed by atoms with Crippen LogP contribution in [-0.2, 0) is 16.0 Å². The van der Waals surface area contributed by atoms with Crippen LogP contribution in [0.4, 0.5) is 0 Å². The summed E-state index contributed by atoms with van der Waals surface area (Å²) in [6.07, 6.45) is 2.75. The molecule has 3 heterocycles. The molecular weight excluding hydrogens is 494 g/mol. The number of ether oxygens (including phenoxy) is 2. The van der Waals surface area contributed by atoms with E-state index in [1.807, 2.05) is 30.3 Å². The third-order valence-corrected chi connectivity index (χ3v) is 7.34. The smallest absolute Gasteiger partial charge is 0.275 e. The number of morpholine rings is 1. The lowest BCUT2D eigenvalue weighted by Gasteiger charge is -2.29. The van der Waals surface area contributed by atoms with Gasteiger partial charge in [0.25, 0.3) is 5.56 Å². The van der Waals surface area contributed by atoms with E-state index in [1.165, 1.54) is 17.5 Å². The van der Waals surface area contributed by atoms with Gasteiger partial charge in [0.2, 0.25) is 5.91 Å². The summed E-state index contributed by atoms with van der Waals surface area (Å²) in [5.74, 6) is 1.79. The van der Waals surface area contributed by atoms with Crippen molar-refractivity contribution >= 4 is 39.3 Å². The fraction of sp³-hybridized carbons (Fsp3) is 0.407. The molecule has 1 N–H and O–H groups in total. The molecule has 2 aromatic heterocycles. The Kier molecular flexibility index (Phi) is 6.34. The lowest BCUT2D eigenvalue weighted by atomic mass is 10.1. The van der Waals surface area contributed by atoms with Crippen molar-refractivity contribution in [3.63, 3.8) is 0 Å². The van der Waals surface area contributed by atoms with Crippen molar-refractivity contribution in [3.05, 3.63) is 63.3 Å². The molecule has 0 bridgehead atoms. The Bertz CT molecular complexity index is 1540. The van der Waals surface area contributed by atoms with Crippen molar-refractivity contribution in [2.45, 2.75) is 32.2 Å². The van der Waals surface area contributed by atoms with Crippen LogP contribution in [-0.4, -0.2) is 63.5 Å². The second-order valence-electron chi connectivity index (χ2n) is 9.77. The van der Waals surface area contributed by atoms with Gasteiger partial charge < -0.3 is 19.4 Å². The van der Waals surface area contributed by atoms with Crippen LogP contribution in [0.3, 0.4) is 0 Å². The number of aromatic amines is 1. The standard InChI is InChI=1S/C27H28ClN5O4/c1-16(26(34)32-8-10-36-11-9-32)33-27(35)19-5-3-2-4-18(19)21(31-33)14-25-29-22-12-20(28)24(13-23(22)30-25)37-15-17-6-7-17/h2-5,12-13,16-17H,6-11,14-15H2,1H3,(H,29,30). The zero-order valence-corrected chi connectivity index (χ0v) is 21.3. The summed E-state index contributed by atoms with van der Waals surface area (Å²) in [6, 6.07) is 10.3. The summed E-state index contributed by atoms with van der Waals surface area (Å²) in [5, 5.41) is 6.48. The van der Waals surface area contributed by atoms with Gasteiger partial charge in [0.05, 0.1) is 53.4 Å². The van der Waals surface area contributed by atoms with E-state index in [2.05, 4.69) is 10.1 Å². The third kappa shape index (κ3) is 4.81. The summed E-state index contributed by atoms with van der Waals surface area (Å²) >= 11 is 6.45. The highest BCUT2D eigenvalue weighted by Crippen LogP contribution is 2.33. The average Bonchev–Trinajstić information content (AvgIpc) is 3.67. The van der Waals surface area contributed by atoms with E-state index in [4.69, 9.17) is 26.1 Å². The fourth-order valence-corrected chi connectivity index (χ4v) is 4.95. The van der Waals surface area contributed by atoms with E-state index in [-0.39, 0.29) is 11.5 Å². The van der Waals surface area contributed by atoms with Gasteiger partial charge in [-0.25, -0.2) is 9.67 Å². The van der Waals surface area contributed by atoms with E-state index in [0.29, 0.717) is 72.9 Å². The Balaban J connectivity index is 1.34. The van der Waals surface area contributed by atoms with Crippen LogP contribution in [0.25, 0.3) is 21.8 Å². The Morgan fingerprint density at radius 2 is 1.97 bits per heavy atom. The van der Waals surface area contributed by atoms with Gasteiger partial charge in [-0.05, 0) is 37.8 Å². The first kappa shape index (κ1) is 23.9. The molecule has 9 nitrogen and oxygen atoms in total. The topological polar surface area (TPSA) is 102 Å². The fourth-order valence-electron chi connectivity index (χ4n) is 4.73. The van der Waals surface area contributed by atoms with Crippen molar-refractivity contribution < 1.29 is 14.3 Å². The maximum atomic E-state index is 13.3. The number of nitrogens with zero attached hydrogens (tertiary/aromatic N) is 4. The molecule has 1 amide bonds. The molecule has 0 radical (unpaired) electrons. The van der Waals surface area contributed by atoms with E-state index < -0.39 is 6.04 Å². The number of carbonyl (C=O) groups excluding carboxylic acids is 1. The molecule has 0 spiro atoms. The lowest BCUT2D eigenvalue weighted by Crippen LogP contribution is -2.45. The molecule has 1 saturated carbocycles. The molecular formula is C27H28ClN5O4. The van der Waals surface area contributed by atoms with Gasteiger partial charge in [-0.3, -0.25) is 9.59 Å². The van der Waals surface area contributed by atoms with Crippen LogP contribution >= 0.6 is 11.6 Å². The average molecular weight is 522 g/mol. The summed E-state index contributed by atoms with van der Waals surface area (Å²) in [7, 11) is 0. The molecule has 2 aliphatic rings. The molecule has 2 aromatic carbocycles. The Labute approximate surface area is 218 Å². The van der Waals surface area contributed by atoms with E-state index in [9.17, 15) is 9.59 Å². The van der Waals surface area contributed by atoms with Crippen LogP contribution < -0.4 is 10.3 Å².